The van der Waals surface area contributed by atoms with Gasteiger partial charge in [0.25, 0.3) is 0 Å². The Labute approximate surface area is 116 Å². The van der Waals surface area contributed by atoms with E-state index in [9.17, 15) is 0 Å². The van der Waals surface area contributed by atoms with Crippen LogP contribution in [0.25, 0.3) is 0 Å². The molecule has 4 rings (SSSR count). The summed E-state index contributed by atoms with van der Waals surface area (Å²) in [5.41, 5.74) is 0.0601. The zero-order chi connectivity index (χ0) is 12.7. The molecule has 2 atom stereocenters. The third-order valence-corrected chi connectivity index (χ3v) is 5.66. The van der Waals surface area contributed by atoms with Gasteiger partial charge < -0.3 is 14.8 Å². The van der Waals surface area contributed by atoms with E-state index < -0.39 is 0 Å². The van der Waals surface area contributed by atoms with Gasteiger partial charge in [0.2, 0.25) is 0 Å². The molecule has 4 aliphatic rings. The summed E-state index contributed by atoms with van der Waals surface area (Å²) in [7, 11) is 0. The first-order valence-electron chi connectivity index (χ1n) is 8.30. The number of ether oxygens (including phenoxy) is 2. The normalized spacial score (nSPS) is 39.3. The lowest BCUT2D eigenvalue weighted by Crippen LogP contribution is -2.48. The maximum absolute atomic E-state index is 6.02. The number of rotatable bonds is 5. The van der Waals surface area contributed by atoms with Gasteiger partial charge in [0.05, 0.1) is 12.2 Å². The van der Waals surface area contributed by atoms with Crippen LogP contribution in [0, 0.1) is 17.8 Å². The van der Waals surface area contributed by atoms with Crippen molar-refractivity contribution in [2.45, 2.75) is 56.6 Å². The van der Waals surface area contributed by atoms with E-state index in [0.717, 1.165) is 50.4 Å². The molecule has 1 spiro atoms. The minimum absolute atomic E-state index is 0.0601. The maximum Gasteiger partial charge on any atom is 0.0951 e. The highest BCUT2D eigenvalue weighted by atomic mass is 16.6. The van der Waals surface area contributed by atoms with Crippen LogP contribution in [-0.2, 0) is 9.47 Å². The zero-order valence-electron chi connectivity index (χ0n) is 11.9. The first-order valence-corrected chi connectivity index (χ1v) is 8.30. The van der Waals surface area contributed by atoms with Crippen molar-refractivity contribution in [2.24, 2.45) is 17.8 Å². The van der Waals surface area contributed by atoms with E-state index in [1.165, 1.54) is 38.6 Å². The summed E-state index contributed by atoms with van der Waals surface area (Å²) in [5.74, 6) is 3.10. The summed E-state index contributed by atoms with van der Waals surface area (Å²) in [6.07, 6.45) is 9.42. The van der Waals surface area contributed by atoms with Crippen LogP contribution in [0.2, 0.25) is 0 Å². The predicted molar refractivity (Wildman–Crippen MR) is 74.1 cm³/mol. The molecule has 0 aromatic carbocycles. The molecule has 2 aliphatic heterocycles. The Balaban J connectivity index is 1.29. The molecule has 0 amide bonds. The van der Waals surface area contributed by atoms with Crippen LogP contribution in [0.3, 0.4) is 0 Å². The SMILES string of the molecule is C1CC2(CO1)CC(NCC(C1CC1)C1CC1)CCO2. The fourth-order valence-corrected chi connectivity index (χ4v) is 4.14. The summed E-state index contributed by atoms with van der Waals surface area (Å²) in [4.78, 5) is 0. The molecule has 19 heavy (non-hydrogen) atoms. The molecule has 2 aliphatic carbocycles. The number of hydrogen-bond acceptors (Lipinski definition) is 3. The molecule has 3 nitrogen and oxygen atoms in total. The topological polar surface area (TPSA) is 30.5 Å². The molecule has 3 heteroatoms. The standard InChI is InChI=1S/C16H27NO2/c1-2-12(1)15(13-3-4-13)10-17-14-5-7-19-16(9-14)6-8-18-11-16/h12-15,17H,1-11H2. The van der Waals surface area contributed by atoms with E-state index in [2.05, 4.69) is 5.32 Å². The van der Waals surface area contributed by atoms with Gasteiger partial charge in [-0.2, -0.15) is 0 Å². The quantitative estimate of drug-likeness (QED) is 0.827. The highest BCUT2D eigenvalue weighted by molar-refractivity contribution is 4.96. The predicted octanol–water partition coefficient (Wildman–Crippen LogP) is 2.35. The third kappa shape index (κ3) is 2.84. The van der Waals surface area contributed by atoms with Crippen LogP contribution < -0.4 is 5.32 Å². The van der Waals surface area contributed by atoms with Crippen molar-refractivity contribution in [3.63, 3.8) is 0 Å². The van der Waals surface area contributed by atoms with Gasteiger partial charge in [0.15, 0.2) is 0 Å². The first kappa shape index (κ1) is 12.6. The minimum atomic E-state index is 0.0601. The van der Waals surface area contributed by atoms with Crippen molar-refractivity contribution in [1.82, 2.24) is 5.32 Å². The van der Waals surface area contributed by atoms with Gasteiger partial charge in [-0.3, -0.25) is 0 Å². The fourth-order valence-electron chi connectivity index (χ4n) is 4.14. The Morgan fingerprint density at radius 1 is 1.05 bits per heavy atom. The highest BCUT2D eigenvalue weighted by Gasteiger charge is 2.43. The Morgan fingerprint density at radius 3 is 2.47 bits per heavy atom. The number of nitrogens with one attached hydrogen (secondary N) is 1. The van der Waals surface area contributed by atoms with Gasteiger partial charge in [-0.15, -0.1) is 0 Å². The Hall–Kier alpha value is -0.120. The van der Waals surface area contributed by atoms with Crippen LogP contribution in [0.5, 0.6) is 0 Å². The molecule has 4 fully saturated rings. The molecule has 2 heterocycles. The van der Waals surface area contributed by atoms with Crippen molar-refractivity contribution >= 4 is 0 Å². The molecular formula is C16H27NO2. The lowest BCUT2D eigenvalue weighted by Gasteiger charge is -2.38. The average Bonchev–Trinajstić information content (AvgIpc) is 3.32. The summed E-state index contributed by atoms with van der Waals surface area (Å²) < 4.78 is 11.6. The molecule has 2 saturated carbocycles. The average molecular weight is 265 g/mol. The summed E-state index contributed by atoms with van der Waals surface area (Å²) in [6.45, 7) is 3.88. The van der Waals surface area contributed by atoms with Crippen molar-refractivity contribution in [2.75, 3.05) is 26.4 Å². The lowest BCUT2D eigenvalue weighted by atomic mass is 9.89. The largest absolute Gasteiger partial charge is 0.378 e. The molecule has 1 N–H and O–H groups in total. The lowest BCUT2D eigenvalue weighted by molar-refractivity contribution is -0.0896. The molecule has 0 bridgehead atoms. The first-order chi connectivity index (χ1) is 9.35. The van der Waals surface area contributed by atoms with Crippen molar-refractivity contribution in [1.29, 1.82) is 0 Å². The Bertz CT molecular complexity index is 307. The molecular weight excluding hydrogens is 238 g/mol. The Morgan fingerprint density at radius 2 is 1.84 bits per heavy atom. The zero-order valence-corrected chi connectivity index (χ0v) is 11.9. The van der Waals surface area contributed by atoms with Crippen LogP contribution in [-0.4, -0.2) is 38.0 Å². The summed E-state index contributed by atoms with van der Waals surface area (Å²) in [5, 5.41) is 3.88. The molecule has 108 valence electrons. The van der Waals surface area contributed by atoms with E-state index in [4.69, 9.17) is 9.47 Å². The monoisotopic (exact) mass is 265 g/mol. The third-order valence-electron chi connectivity index (χ3n) is 5.66. The van der Waals surface area contributed by atoms with Crippen LogP contribution in [0.1, 0.15) is 44.9 Å². The van der Waals surface area contributed by atoms with E-state index in [1.54, 1.807) is 0 Å². The highest BCUT2D eigenvalue weighted by Crippen LogP contribution is 2.49. The van der Waals surface area contributed by atoms with Gasteiger partial charge in [-0.1, -0.05) is 0 Å². The minimum Gasteiger partial charge on any atom is -0.378 e. The van der Waals surface area contributed by atoms with Crippen molar-refractivity contribution in [3.8, 4) is 0 Å². The molecule has 0 aromatic heterocycles. The van der Waals surface area contributed by atoms with Crippen LogP contribution in [0.15, 0.2) is 0 Å². The second-order valence-corrected chi connectivity index (χ2v) is 7.27. The van der Waals surface area contributed by atoms with Gasteiger partial charge in [-0.25, -0.2) is 0 Å². The Kier molecular flexibility index (Phi) is 3.33. The van der Waals surface area contributed by atoms with Gasteiger partial charge in [0, 0.05) is 25.7 Å². The van der Waals surface area contributed by atoms with E-state index in [-0.39, 0.29) is 5.60 Å². The van der Waals surface area contributed by atoms with Gasteiger partial charge >= 0.3 is 0 Å². The van der Waals surface area contributed by atoms with Crippen molar-refractivity contribution in [3.05, 3.63) is 0 Å². The summed E-state index contributed by atoms with van der Waals surface area (Å²) >= 11 is 0. The van der Waals surface area contributed by atoms with Gasteiger partial charge in [0.1, 0.15) is 0 Å². The summed E-state index contributed by atoms with van der Waals surface area (Å²) in [6, 6.07) is 0.662. The van der Waals surface area contributed by atoms with Crippen LogP contribution >= 0.6 is 0 Å². The maximum atomic E-state index is 6.02. The smallest absolute Gasteiger partial charge is 0.0951 e. The number of hydrogen-bond donors (Lipinski definition) is 1. The van der Waals surface area contributed by atoms with E-state index in [0.29, 0.717) is 6.04 Å². The molecule has 2 unspecified atom stereocenters. The second-order valence-electron chi connectivity index (χ2n) is 7.27. The van der Waals surface area contributed by atoms with E-state index >= 15 is 0 Å². The van der Waals surface area contributed by atoms with Gasteiger partial charge in [-0.05, 0) is 62.8 Å². The molecule has 2 saturated heterocycles. The second kappa shape index (κ2) is 5.01. The van der Waals surface area contributed by atoms with Crippen molar-refractivity contribution < 1.29 is 9.47 Å². The molecule has 0 radical (unpaired) electrons. The van der Waals surface area contributed by atoms with E-state index in [1.807, 2.05) is 0 Å². The molecule has 0 aromatic rings. The fraction of sp³-hybridized carbons (Fsp3) is 1.00. The van der Waals surface area contributed by atoms with Crippen LogP contribution in [0.4, 0.5) is 0 Å².